The fourth-order valence-electron chi connectivity index (χ4n) is 2.32. The van der Waals surface area contributed by atoms with Crippen LogP contribution in [0.3, 0.4) is 0 Å². The van der Waals surface area contributed by atoms with Crippen molar-refractivity contribution in [1.82, 2.24) is 4.98 Å². The average molecular weight is 414 g/mol. The molecule has 1 aromatic heterocycles. The minimum Gasteiger partial charge on any atom is -0.477 e. The van der Waals surface area contributed by atoms with Crippen molar-refractivity contribution in [3.8, 4) is 11.5 Å². The molecule has 0 amide bonds. The molecule has 0 saturated heterocycles. The number of halogens is 2. The highest BCUT2D eigenvalue weighted by Gasteiger charge is 2.18. The Morgan fingerprint density at radius 1 is 0.964 bits per heavy atom. The summed E-state index contributed by atoms with van der Waals surface area (Å²) in [6.07, 6.45) is 6.60. The third-order valence-corrected chi connectivity index (χ3v) is 4.33. The summed E-state index contributed by atoms with van der Waals surface area (Å²) in [5, 5.41) is 0.822. The highest BCUT2D eigenvalue weighted by molar-refractivity contribution is 6.35. The molecule has 2 aromatic carbocycles. The monoisotopic (exact) mass is 413 g/mol. The highest BCUT2D eigenvalue weighted by atomic mass is 35.5. The van der Waals surface area contributed by atoms with Crippen LogP contribution in [0.2, 0.25) is 10.0 Å². The Morgan fingerprint density at radius 2 is 1.61 bits per heavy atom. The van der Waals surface area contributed by atoms with Crippen LogP contribution in [0.5, 0.6) is 11.5 Å². The molecule has 1 atom stereocenters. The maximum absolute atomic E-state index is 12.3. The lowest BCUT2D eigenvalue weighted by molar-refractivity contribution is -0.141. The number of carbonyl (C=O) groups excluding carboxylic acids is 1. The number of nitrogens with zero attached hydrogens (tertiary/aromatic N) is 1. The van der Waals surface area contributed by atoms with E-state index in [0.29, 0.717) is 21.5 Å². The lowest BCUT2D eigenvalue weighted by Gasteiger charge is -2.15. The maximum atomic E-state index is 12.3. The summed E-state index contributed by atoms with van der Waals surface area (Å²) >= 11 is 11.9. The fraction of sp³-hybridized carbons (Fsp3) is 0.0909. The van der Waals surface area contributed by atoms with E-state index in [1.807, 2.05) is 36.4 Å². The maximum Gasteiger partial charge on any atom is 0.352 e. The van der Waals surface area contributed by atoms with Crippen molar-refractivity contribution in [3.05, 3.63) is 88.2 Å². The van der Waals surface area contributed by atoms with Gasteiger partial charge in [0, 0.05) is 17.4 Å². The van der Waals surface area contributed by atoms with Crippen molar-refractivity contribution < 1.29 is 14.3 Å². The number of carbonyl (C=O) groups is 1. The minimum atomic E-state index is -0.829. The number of aromatic nitrogens is 1. The van der Waals surface area contributed by atoms with E-state index in [1.165, 1.54) is 0 Å². The Bertz CT molecular complexity index is 973. The van der Waals surface area contributed by atoms with Gasteiger partial charge in [0.25, 0.3) is 0 Å². The molecule has 3 rings (SSSR count). The lowest BCUT2D eigenvalue weighted by atomic mass is 10.1. The third-order valence-electron chi connectivity index (χ3n) is 3.80. The fourth-order valence-corrected chi connectivity index (χ4v) is 2.78. The zero-order chi connectivity index (χ0) is 19.9. The van der Waals surface area contributed by atoms with Crippen molar-refractivity contribution in [2.45, 2.75) is 13.0 Å². The molecule has 0 fully saturated rings. The molecule has 3 aromatic rings. The van der Waals surface area contributed by atoms with Crippen molar-refractivity contribution in [1.29, 1.82) is 0 Å². The van der Waals surface area contributed by atoms with E-state index >= 15 is 0 Å². The summed E-state index contributed by atoms with van der Waals surface area (Å²) in [6, 6.07) is 15.8. The molecule has 0 saturated carbocycles. The number of esters is 1. The van der Waals surface area contributed by atoms with Crippen LogP contribution in [-0.4, -0.2) is 17.1 Å². The zero-order valence-electron chi connectivity index (χ0n) is 15.0. The van der Waals surface area contributed by atoms with Crippen molar-refractivity contribution in [3.63, 3.8) is 0 Å². The van der Waals surface area contributed by atoms with Gasteiger partial charge in [0.05, 0.1) is 5.02 Å². The van der Waals surface area contributed by atoms with E-state index in [0.717, 1.165) is 11.1 Å². The predicted molar refractivity (Wildman–Crippen MR) is 112 cm³/mol. The van der Waals surface area contributed by atoms with E-state index in [-0.39, 0.29) is 0 Å². The van der Waals surface area contributed by atoms with Gasteiger partial charge in [-0.25, -0.2) is 4.79 Å². The molecular weight excluding hydrogens is 397 g/mol. The van der Waals surface area contributed by atoms with E-state index in [1.54, 1.807) is 49.6 Å². The molecule has 1 unspecified atom stereocenters. The smallest absolute Gasteiger partial charge is 0.352 e. The first-order valence-electron chi connectivity index (χ1n) is 8.53. The molecule has 28 heavy (non-hydrogen) atoms. The van der Waals surface area contributed by atoms with Gasteiger partial charge in [0.1, 0.15) is 11.5 Å². The third kappa shape index (κ3) is 5.59. The van der Waals surface area contributed by atoms with Crippen molar-refractivity contribution in [2.75, 3.05) is 0 Å². The standard InChI is InChI=1S/C22H17Cl2NO3/c1-15(27-21-9-6-18(23)14-20(21)24)22(26)28-19-7-4-16(5-8-19)2-3-17-10-12-25-13-11-17/h2-15H,1H3/b3-2+. The van der Waals surface area contributed by atoms with Crippen LogP contribution in [0.15, 0.2) is 67.0 Å². The molecule has 0 spiro atoms. The molecule has 0 aliphatic heterocycles. The second-order valence-corrected chi connectivity index (χ2v) is 6.78. The first kappa shape index (κ1) is 19.9. The van der Waals surface area contributed by atoms with Crippen LogP contribution < -0.4 is 9.47 Å². The number of benzene rings is 2. The summed E-state index contributed by atoms with van der Waals surface area (Å²) < 4.78 is 10.9. The van der Waals surface area contributed by atoms with Crippen LogP contribution in [0.25, 0.3) is 12.2 Å². The topological polar surface area (TPSA) is 48.4 Å². The number of pyridine rings is 1. The molecular formula is C22H17Cl2NO3. The molecule has 0 aliphatic rings. The first-order chi connectivity index (χ1) is 13.5. The summed E-state index contributed by atoms with van der Waals surface area (Å²) in [4.78, 5) is 16.2. The van der Waals surface area contributed by atoms with Crippen molar-refractivity contribution in [2.24, 2.45) is 0 Å². The minimum absolute atomic E-state index is 0.331. The van der Waals surface area contributed by atoms with Crippen molar-refractivity contribution >= 4 is 41.3 Å². The first-order valence-corrected chi connectivity index (χ1v) is 9.28. The summed E-state index contributed by atoms with van der Waals surface area (Å²) in [5.41, 5.74) is 2.03. The molecule has 6 heteroatoms. The second kappa shape index (κ2) is 9.40. The number of rotatable bonds is 6. The van der Waals surface area contributed by atoms with Gasteiger partial charge in [-0.05, 0) is 60.5 Å². The van der Waals surface area contributed by atoms with Gasteiger partial charge in [0.15, 0.2) is 6.10 Å². The SMILES string of the molecule is CC(Oc1ccc(Cl)cc1Cl)C(=O)Oc1ccc(/C=C/c2ccncc2)cc1. The number of ether oxygens (including phenoxy) is 2. The number of hydrogen-bond donors (Lipinski definition) is 0. The Morgan fingerprint density at radius 3 is 2.25 bits per heavy atom. The molecule has 4 nitrogen and oxygen atoms in total. The molecule has 1 heterocycles. The Labute approximate surface area is 173 Å². The van der Waals surface area contributed by atoms with Gasteiger partial charge in [-0.2, -0.15) is 0 Å². The van der Waals surface area contributed by atoms with Crippen LogP contribution in [-0.2, 0) is 4.79 Å². The van der Waals surface area contributed by atoms with Crippen LogP contribution >= 0.6 is 23.2 Å². The van der Waals surface area contributed by atoms with Crippen LogP contribution in [0, 0.1) is 0 Å². The van der Waals surface area contributed by atoms with Gasteiger partial charge < -0.3 is 9.47 Å². The molecule has 0 N–H and O–H groups in total. The van der Waals surface area contributed by atoms with Crippen LogP contribution in [0.4, 0.5) is 0 Å². The normalized spacial score (nSPS) is 12.0. The highest BCUT2D eigenvalue weighted by Crippen LogP contribution is 2.28. The van der Waals surface area contributed by atoms with E-state index in [9.17, 15) is 4.79 Å². The Balaban J connectivity index is 1.58. The van der Waals surface area contributed by atoms with Gasteiger partial charge in [0.2, 0.25) is 0 Å². The van der Waals surface area contributed by atoms with E-state index in [2.05, 4.69) is 4.98 Å². The van der Waals surface area contributed by atoms with Gasteiger partial charge in [-0.3, -0.25) is 4.98 Å². The Kier molecular flexibility index (Phi) is 6.69. The van der Waals surface area contributed by atoms with Crippen LogP contribution in [0.1, 0.15) is 18.1 Å². The molecule has 0 radical (unpaired) electrons. The molecule has 0 bridgehead atoms. The number of hydrogen-bond acceptors (Lipinski definition) is 4. The lowest BCUT2D eigenvalue weighted by Crippen LogP contribution is -2.28. The van der Waals surface area contributed by atoms with E-state index < -0.39 is 12.1 Å². The molecule has 142 valence electrons. The molecule has 0 aliphatic carbocycles. The summed E-state index contributed by atoms with van der Waals surface area (Å²) in [7, 11) is 0. The predicted octanol–water partition coefficient (Wildman–Crippen LogP) is 5.93. The Hall–Kier alpha value is -2.82. The summed E-state index contributed by atoms with van der Waals surface area (Å²) in [5.74, 6) is 0.280. The average Bonchev–Trinajstić information content (AvgIpc) is 2.70. The zero-order valence-corrected chi connectivity index (χ0v) is 16.5. The second-order valence-electron chi connectivity index (χ2n) is 5.94. The van der Waals surface area contributed by atoms with Gasteiger partial charge >= 0.3 is 5.97 Å². The quantitative estimate of drug-likeness (QED) is 0.371. The van der Waals surface area contributed by atoms with E-state index in [4.69, 9.17) is 32.7 Å². The summed E-state index contributed by atoms with van der Waals surface area (Å²) in [6.45, 7) is 1.60. The van der Waals surface area contributed by atoms with Gasteiger partial charge in [-0.1, -0.05) is 47.5 Å². The van der Waals surface area contributed by atoms with Gasteiger partial charge in [-0.15, -0.1) is 0 Å². The largest absolute Gasteiger partial charge is 0.477 e.